The molecular weight excluding hydrogens is 1050 g/mol. The molecule has 9 aromatic rings. The molecule has 0 aliphatic heterocycles. The van der Waals surface area contributed by atoms with Crippen LogP contribution in [-0.2, 0) is 11.1 Å². The summed E-state index contributed by atoms with van der Waals surface area (Å²) in [5, 5.41) is 28.7. The number of aryl methyl sites for hydroxylation is 6. The van der Waals surface area contributed by atoms with Crippen molar-refractivity contribution < 1.29 is 19.5 Å². The molecule has 0 spiro atoms. The molecule has 82 heavy (non-hydrogen) atoms. The number of benzene rings is 5. The van der Waals surface area contributed by atoms with Gasteiger partial charge in [-0.2, -0.15) is 20.4 Å². The Bertz CT molecular complexity index is 3360. The largest absolute Gasteiger partial charge is 0.478 e. The number of carboxylic acids is 1. The molecule has 432 valence electrons. The Morgan fingerprint density at radius 3 is 0.963 bits per heavy atom. The van der Waals surface area contributed by atoms with Gasteiger partial charge in [0, 0.05) is 48.0 Å². The Morgan fingerprint density at radius 2 is 0.744 bits per heavy atom. The molecule has 0 aliphatic carbocycles. The molecule has 0 atom stereocenters. The molecule has 0 saturated carbocycles. The summed E-state index contributed by atoms with van der Waals surface area (Å²) < 4.78 is 7.68. The van der Waals surface area contributed by atoms with Gasteiger partial charge in [-0.15, -0.1) is 0 Å². The van der Waals surface area contributed by atoms with Gasteiger partial charge < -0.3 is 15.8 Å². The van der Waals surface area contributed by atoms with Gasteiger partial charge in [-0.25, -0.2) is 23.5 Å². The first-order valence-corrected chi connectivity index (χ1v) is 27.5. The summed E-state index contributed by atoms with van der Waals surface area (Å²) in [6.07, 6.45) is 1.83. The summed E-state index contributed by atoms with van der Waals surface area (Å²) in [5.41, 5.74) is 25.6. The van der Waals surface area contributed by atoms with Gasteiger partial charge in [-0.3, -0.25) is 15.4 Å². The lowest BCUT2D eigenvalue weighted by Crippen LogP contribution is -2.11. The number of hydrogen-bond donors (Lipinski definition) is 4. The monoisotopic (exact) mass is 1130 g/mol. The van der Waals surface area contributed by atoms with Crippen LogP contribution in [0, 0.1) is 96.9 Å². The summed E-state index contributed by atoms with van der Waals surface area (Å²) in [7, 11) is 7.17. The molecule has 0 aliphatic rings. The van der Waals surface area contributed by atoms with Gasteiger partial charge in [0.25, 0.3) is 5.24 Å². The third kappa shape index (κ3) is 19.4. The number of rotatable bonds is 8. The van der Waals surface area contributed by atoms with E-state index in [2.05, 4.69) is 116 Å². The number of nitrogens with two attached hydrogens (primary N) is 1. The summed E-state index contributed by atoms with van der Waals surface area (Å²) in [6, 6.07) is 38.3. The molecule has 2 radical (unpaired) electrons. The van der Waals surface area contributed by atoms with E-state index >= 15 is 0 Å². The number of hydrogen-bond acceptors (Lipinski definition) is 9. The van der Waals surface area contributed by atoms with Crippen molar-refractivity contribution in [2.75, 3.05) is 12.5 Å². The minimum atomic E-state index is -0.916. The van der Waals surface area contributed by atoms with Crippen LogP contribution >= 0.6 is 11.6 Å². The molecular formula is C65H83BClN11O4. The summed E-state index contributed by atoms with van der Waals surface area (Å²) >= 11 is 5.40. The van der Waals surface area contributed by atoms with Crippen LogP contribution in [0.2, 0.25) is 0 Å². The third-order valence-corrected chi connectivity index (χ3v) is 13.8. The topological polar surface area (TPSA) is 193 Å². The Balaban J connectivity index is 0.000000263. The lowest BCUT2D eigenvalue weighted by molar-refractivity contribution is -0.118. The van der Waals surface area contributed by atoms with Gasteiger partial charge in [0.2, 0.25) is 5.91 Å². The average molecular weight is 1130 g/mol. The maximum atomic E-state index is 11.0. The van der Waals surface area contributed by atoms with Crippen LogP contribution in [0.4, 0.5) is 5.69 Å². The van der Waals surface area contributed by atoms with Crippen LogP contribution in [0.25, 0.3) is 22.7 Å². The Morgan fingerprint density at radius 1 is 0.488 bits per heavy atom. The number of carbonyl (C=O) groups excluding carboxylic acids is 2. The van der Waals surface area contributed by atoms with Crippen molar-refractivity contribution in [1.29, 1.82) is 0 Å². The van der Waals surface area contributed by atoms with E-state index in [0.29, 0.717) is 11.9 Å². The van der Waals surface area contributed by atoms with E-state index in [-0.39, 0.29) is 11.5 Å². The van der Waals surface area contributed by atoms with Crippen LogP contribution in [0.15, 0.2) is 121 Å². The fourth-order valence-corrected chi connectivity index (χ4v) is 7.60. The Hall–Kier alpha value is -8.34. The molecule has 0 unspecified atom stereocenters. The highest BCUT2D eigenvalue weighted by molar-refractivity contribution is 6.67. The molecule has 17 heteroatoms. The lowest BCUT2D eigenvalue weighted by atomic mass is 9.97. The zero-order valence-electron chi connectivity index (χ0n) is 51.2. The quantitative estimate of drug-likeness (QED) is 0.0492. The molecule has 5 N–H and O–H groups in total. The third-order valence-electron chi connectivity index (χ3n) is 13.6. The van der Waals surface area contributed by atoms with Crippen LogP contribution in [0.1, 0.15) is 132 Å². The number of aromatic carboxylic acids is 1. The Kier molecular flexibility index (Phi) is 27.2. The predicted molar refractivity (Wildman–Crippen MR) is 337 cm³/mol. The SMILES string of the molecule is CCC.CNC(C)=O.Cc1ccc(-n2nc(C)c(C)c2C)cc1.Cc1ccc(NN)cc1.Cc1nn(-c2ccc(C(=O)Cl)cc2)c(C)c1C.Cc1nn(-c2ccc(C(=O)O)cc2)c(C)c1C.[B]Cc1ccc(-n2nc(C)c(C)c2C)cc1. The van der Waals surface area contributed by atoms with Gasteiger partial charge in [-0.1, -0.05) is 79.7 Å². The minimum absolute atomic E-state index is 0.00463. The molecule has 1 amide bonds. The van der Waals surface area contributed by atoms with Crippen molar-refractivity contribution in [3.63, 3.8) is 0 Å². The maximum Gasteiger partial charge on any atom is 0.335 e. The van der Waals surface area contributed by atoms with Crippen molar-refractivity contribution >= 4 is 42.3 Å². The van der Waals surface area contributed by atoms with E-state index in [4.69, 9.17) is 30.4 Å². The summed E-state index contributed by atoms with van der Waals surface area (Å²) in [6.45, 7) is 34.4. The second-order valence-corrected chi connectivity index (χ2v) is 20.1. The van der Waals surface area contributed by atoms with Crippen LogP contribution in [0.3, 0.4) is 0 Å². The number of hydrazine groups is 1. The van der Waals surface area contributed by atoms with Gasteiger partial charge in [0.15, 0.2) is 0 Å². The zero-order valence-corrected chi connectivity index (χ0v) is 52.0. The minimum Gasteiger partial charge on any atom is -0.478 e. The number of nitrogens with zero attached hydrogens (tertiary/aromatic N) is 8. The fourth-order valence-electron chi connectivity index (χ4n) is 7.48. The van der Waals surface area contributed by atoms with Crippen molar-refractivity contribution in [2.24, 2.45) is 5.84 Å². The van der Waals surface area contributed by atoms with E-state index in [0.717, 1.165) is 73.7 Å². The molecule has 9 rings (SSSR count). The van der Waals surface area contributed by atoms with Gasteiger partial charge in [-0.05, 0) is 216 Å². The second-order valence-electron chi connectivity index (χ2n) is 19.7. The number of amides is 1. The highest BCUT2D eigenvalue weighted by Gasteiger charge is 2.13. The molecule has 0 fully saturated rings. The number of nitrogen functional groups attached to an aromatic ring is 1. The fraction of sp³-hybridized carbons (Fsp3) is 0.308. The van der Waals surface area contributed by atoms with E-state index in [9.17, 15) is 14.4 Å². The van der Waals surface area contributed by atoms with Crippen LogP contribution < -0.4 is 16.6 Å². The van der Waals surface area contributed by atoms with Gasteiger partial charge in [0.05, 0.1) is 58.9 Å². The normalized spacial score (nSPS) is 10.0. The summed E-state index contributed by atoms with van der Waals surface area (Å²) in [4.78, 5) is 31.4. The molecule has 5 aromatic carbocycles. The second kappa shape index (κ2) is 32.8. The Labute approximate surface area is 492 Å². The predicted octanol–water partition coefficient (Wildman–Crippen LogP) is 13.7. The lowest BCUT2D eigenvalue weighted by Gasteiger charge is -2.05. The van der Waals surface area contributed by atoms with E-state index in [1.54, 1.807) is 43.4 Å². The van der Waals surface area contributed by atoms with Crippen molar-refractivity contribution in [3.05, 3.63) is 217 Å². The van der Waals surface area contributed by atoms with Crippen molar-refractivity contribution in [2.45, 2.75) is 130 Å². The van der Waals surface area contributed by atoms with Crippen molar-refractivity contribution in [1.82, 2.24) is 44.4 Å². The van der Waals surface area contributed by atoms with Crippen molar-refractivity contribution in [3.8, 4) is 22.7 Å². The zero-order chi connectivity index (χ0) is 61.5. The maximum absolute atomic E-state index is 11.0. The number of carbonyl (C=O) groups is 3. The van der Waals surface area contributed by atoms with Crippen LogP contribution in [0.5, 0.6) is 0 Å². The van der Waals surface area contributed by atoms with E-state index in [1.165, 1.54) is 52.5 Å². The molecule has 4 heterocycles. The average Bonchev–Trinajstić information content (AvgIpc) is 4.12. The van der Waals surface area contributed by atoms with Crippen LogP contribution in [-0.4, -0.2) is 76.2 Å². The highest BCUT2D eigenvalue weighted by Crippen LogP contribution is 2.21. The molecule has 0 saturated heterocycles. The van der Waals surface area contributed by atoms with E-state index < -0.39 is 11.2 Å². The molecule has 0 bridgehead atoms. The standard InChI is InChI=1S/C13H15BN2.C13H13ClN2O.C13H14N2O2.C13H16N2.C7H10N2.C3H7NO.C3H8/c1-9-10(2)15-16(11(9)3)13-6-4-12(8-14)5-7-13;1-8-9(2)15-16(10(8)3)12-6-4-11(5-7-12)13(14)17;1-8-9(2)14-15(10(8)3)12-6-4-11(5-7-12)13(16)17;1-9-5-7-13(8-6-9)15-12(4)10(2)11(3)14-15;1-6-2-4-7(9-8)5-3-6;1-3(5)4-2;1-3-2/h4-7H,8H2,1-3H3;4-7H,1-3H3;4-7H,1-3H3,(H,16,17);5-8H,1-4H3;2-5,9H,8H2,1H3;1-2H3,(H,4,5);3H2,1-2H3. The number of anilines is 1. The number of halogens is 1. The number of aromatic nitrogens is 8. The smallest absolute Gasteiger partial charge is 0.335 e. The van der Waals surface area contributed by atoms with E-state index in [1.807, 2.05) is 130 Å². The number of nitrogens with one attached hydrogen (secondary N) is 2. The first kappa shape index (κ1) is 67.9. The molecule has 4 aromatic heterocycles. The molecule has 15 nitrogen and oxygen atoms in total. The highest BCUT2D eigenvalue weighted by atomic mass is 35.5. The number of carboxylic acid groups (broad SMARTS) is 1. The summed E-state index contributed by atoms with van der Waals surface area (Å²) in [5.74, 6) is 4.24. The van der Waals surface area contributed by atoms with Gasteiger partial charge in [0.1, 0.15) is 0 Å². The van der Waals surface area contributed by atoms with Gasteiger partial charge >= 0.3 is 5.97 Å². The first-order chi connectivity index (χ1) is 38.7. The first-order valence-electron chi connectivity index (χ1n) is 27.1.